The molecule has 0 aliphatic heterocycles. The first-order valence-corrected chi connectivity index (χ1v) is 4.84. The van der Waals surface area contributed by atoms with Crippen molar-refractivity contribution in [3.63, 3.8) is 0 Å². The number of rotatable bonds is 1. The zero-order valence-corrected chi connectivity index (χ0v) is 9.73. The van der Waals surface area contributed by atoms with Crippen LogP contribution in [0.3, 0.4) is 0 Å². The van der Waals surface area contributed by atoms with Crippen molar-refractivity contribution in [1.29, 1.82) is 0 Å². The maximum absolute atomic E-state index is 10.7. The molecule has 3 heteroatoms. The smallest absolute Gasteiger partial charge is 0.407 e. The fraction of sp³-hybridized carbons (Fsp3) is 0.900. The summed E-state index contributed by atoms with van der Waals surface area (Å²) in [6.07, 6.45) is 0.898. The molecule has 0 aliphatic rings. The van der Waals surface area contributed by atoms with E-state index < -0.39 is 0 Å². The van der Waals surface area contributed by atoms with Crippen molar-refractivity contribution in [2.24, 2.45) is 0 Å². The van der Waals surface area contributed by atoms with E-state index in [-0.39, 0.29) is 11.7 Å². The summed E-state index contributed by atoms with van der Waals surface area (Å²) in [7, 11) is 0. The average molecular weight is 189 g/mol. The van der Waals surface area contributed by atoms with E-state index in [0.717, 1.165) is 0 Å². The lowest BCUT2D eigenvalue weighted by Gasteiger charge is -2.19. The molecule has 0 aromatic heterocycles. The molecule has 1 N–H and O–H groups in total. The molecule has 0 atom stereocenters. The Hall–Kier alpha value is -0.730. The molecule has 0 heterocycles. The fourth-order valence-corrected chi connectivity index (χ4v) is 0.459. The van der Waals surface area contributed by atoms with Gasteiger partial charge in [-0.3, -0.25) is 0 Å². The molecule has 0 aromatic rings. The van der Waals surface area contributed by atoms with E-state index in [1.54, 1.807) is 0 Å². The van der Waals surface area contributed by atoms with Gasteiger partial charge in [0.25, 0.3) is 0 Å². The third-order valence-corrected chi connectivity index (χ3v) is 0.720. The van der Waals surface area contributed by atoms with Gasteiger partial charge in [0.05, 0.1) is 0 Å². The predicted molar refractivity (Wildman–Crippen MR) is 55.9 cm³/mol. The maximum atomic E-state index is 10.7. The van der Waals surface area contributed by atoms with Crippen molar-refractivity contribution in [2.75, 3.05) is 6.54 Å². The largest absolute Gasteiger partial charge is 0.444 e. The highest BCUT2D eigenvalue weighted by Crippen LogP contribution is 2.05. The third kappa shape index (κ3) is 18.3. The van der Waals surface area contributed by atoms with Gasteiger partial charge in [0.1, 0.15) is 5.60 Å². The Morgan fingerprint density at radius 2 is 1.62 bits per heavy atom. The third-order valence-electron chi connectivity index (χ3n) is 0.720. The van der Waals surface area contributed by atoms with Gasteiger partial charge in [-0.2, -0.15) is 0 Å². The predicted octanol–water partition coefficient (Wildman–Crippen LogP) is 2.95. The quantitative estimate of drug-likeness (QED) is 0.688. The molecule has 0 aliphatic carbocycles. The summed E-state index contributed by atoms with van der Waals surface area (Å²) in [6, 6.07) is 0. The van der Waals surface area contributed by atoms with E-state index in [1.807, 2.05) is 27.7 Å². The van der Waals surface area contributed by atoms with Crippen LogP contribution < -0.4 is 5.32 Å². The summed E-state index contributed by atoms with van der Waals surface area (Å²) in [5, 5.41) is 2.54. The minimum atomic E-state index is -0.390. The van der Waals surface area contributed by atoms with Crippen molar-refractivity contribution < 1.29 is 9.53 Å². The van der Waals surface area contributed by atoms with Crippen LogP contribution in [-0.2, 0) is 4.74 Å². The topological polar surface area (TPSA) is 38.3 Å². The number of hydrogen-bond acceptors (Lipinski definition) is 2. The summed E-state index contributed by atoms with van der Waals surface area (Å²) in [6.45, 7) is 12.2. The van der Waals surface area contributed by atoms with E-state index in [2.05, 4.69) is 19.2 Å². The monoisotopic (exact) mass is 189 g/mol. The van der Waals surface area contributed by atoms with Crippen molar-refractivity contribution >= 4 is 6.09 Å². The molecule has 0 saturated carbocycles. The highest BCUT2D eigenvalue weighted by Gasteiger charge is 2.14. The lowest BCUT2D eigenvalue weighted by Crippen LogP contribution is -2.32. The van der Waals surface area contributed by atoms with Gasteiger partial charge in [-0.1, -0.05) is 20.3 Å². The fourth-order valence-electron chi connectivity index (χ4n) is 0.459. The number of carbonyl (C=O) groups excluding carboxylic acids is 1. The second kappa shape index (κ2) is 7.90. The van der Waals surface area contributed by atoms with Crippen LogP contribution in [0.4, 0.5) is 4.79 Å². The van der Waals surface area contributed by atoms with Gasteiger partial charge >= 0.3 is 6.09 Å². The van der Waals surface area contributed by atoms with Crippen LogP contribution in [0.5, 0.6) is 0 Å². The van der Waals surface area contributed by atoms with Gasteiger partial charge in [0, 0.05) is 6.54 Å². The number of ether oxygens (including phenoxy) is 1. The molecule has 1 amide bonds. The number of amides is 1. The molecule has 0 fully saturated rings. The molecule has 80 valence electrons. The molecule has 0 saturated heterocycles. The van der Waals surface area contributed by atoms with Crippen LogP contribution in [0.15, 0.2) is 0 Å². The Kier molecular flexibility index (Phi) is 8.97. The lowest BCUT2D eigenvalue weighted by molar-refractivity contribution is 0.0531. The van der Waals surface area contributed by atoms with Gasteiger partial charge < -0.3 is 10.1 Å². The maximum Gasteiger partial charge on any atom is 0.407 e. The molecule has 0 bridgehead atoms. The van der Waals surface area contributed by atoms with Gasteiger partial charge in [-0.15, -0.1) is 0 Å². The zero-order chi connectivity index (χ0) is 10.9. The minimum Gasteiger partial charge on any atom is -0.444 e. The first-order chi connectivity index (χ1) is 5.87. The Morgan fingerprint density at radius 1 is 1.23 bits per heavy atom. The van der Waals surface area contributed by atoms with Crippen LogP contribution in [-0.4, -0.2) is 18.2 Å². The van der Waals surface area contributed by atoms with Crippen molar-refractivity contribution in [3.05, 3.63) is 0 Å². The Bertz CT molecular complexity index is 127. The standard InChI is InChI=1S/C7H15NO2.C3H8/c1-5-8-6(9)10-7(2,3)4;1-3-2/h5H2,1-4H3,(H,8,9);3H2,1-2H3. The van der Waals surface area contributed by atoms with Crippen LogP contribution in [0.25, 0.3) is 0 Å². The van der Waals surface area contributed by atoms with Crippen LogP contribution in [0, 0.1) is 0 Å². The normalized spacial score (nSPS) is 9.69. The molecule has 0 unspecified atom stereocenters. The van der Waals surface area contributed by atoms with Crippen molar-refractivity contribution in [3.8, 4) is 0 Å². The van der Waals surface area contributed by atoms with E-state index >= 15 is 0 Å². The average Bonchev–Trinajstić information content (AvgIpc) is 1.84. The van der Waals surface area contributed by atoms with Gasteiger partial charge in [0.15, 0.2) is 0 Å². The van der Waals surface area contributed by atoms with Gasteiger partial charge in [0.2, 0.25) is 0 Å². The van der Waals surface area contributed by atoms with Crippen LogP contribution >= 0.6 is 0 Å². The number of carbonyl (C=O) groups is 1. The first kappa shape index (κ1) is 14.8. The van der Waals surface area contributed by atoms with E-state index in [0.29, 0.717) is 6.54 Å². The summed E-state index contributed by atoms with van der Waals surface area (Å²) < 4.78 is 4.93. The molecule has 3 nitrogen and oxygen atoms in total. The number of alkyl carbamates (subject to hydrolysis) is 1. The Balaban J connectivity index is 0. The molecule has 0 spiro atoms. The molecular formula is C10H23NO2. The van der Waals surface area contributed by atoms with Gasteiger partial charge in [-0.25, -0.2) is 4.79 Å². The summed E-state index contributed by atoms with van der Waals surface area (Å²) in [4.78, 5) is 10.7. The molecule has 0 rings (SSSR count). The van der Waals surface area contributed by atoms with Crippen LogP contribution in [0.1, 0.15) is 48.0 Å². The Labute approximate surface area is 81.9 Å². The number of hydrogen-bond donors (Lipinski definition) is 1. The lowest BCUT2D eigenvalue weighted by atomic mass is 10.2. The van der Waals surface area contributed by atoms with Crippen molar-refractivity contribution in [1.82, 2.24) is 5.32 Å². The Morgan fingerprint density at radius 3 is 1.85 bits per heavy atom. The summed E-state index contributed by atoms with van der Waals surface area (Å²) in [5.41, 5.74) is -0.390. The summed E-state index contributed by atoms with van der Waals surface area (Å²) in [5.74, 6) is 0. The molecule has 0 radical (unpaired) electrons. The van der Waals surface area contributed by atoms with Crippen LogP contribution in [0.2, 0.25) is 0 Å². The zero-order valence-electron chi connectivity index (χ0n) is 9.73. The van der Waals surface area contributed by atoms with Crippen molar-refractivity contribution in [2.45, 2.75) is 53.6 Å². The first-order valence-electron chi connectivity index (χ1n) is 4.84. The molecule has 0 aromatic carbocycles. The second-order valence-corrected chi connectivity index (χ2v) is 3.74. The van der Waals surface area contributed by atoms with Gasteiger partial charge in [-0.05, 0) is 27.7 Å². The highest BCUT2D eigenvalue weighted by molar-refractivity contribution is 5.67. The second-order valence-electron chi connectivity index (χ2n) is 3.74. The van der Waals surface area contributed by atoms with E-state index in [1.165, 1.54) is 6.42 Å². The highest BCUT2D eigenvalue weighted by atomic mass is 16.6. The van der Waals surface area contributed by atoms with E-state index in [9.17, 15) is 4.79 Å². The SMILES string of the molecule is CCC.CCNC(=O)OC(C)(C)C. The minimum absolute atomic E-state index is 0.352. The summed E-state index contributed by atoms with van der Waals surface area (Å²) >= 11 is 0. The number of nitrogens with one attached hydrogen (secondary N) is 1. The molecule has 13 heavy (non-hydrogen) atoms. The molecular weight excluding hydrogens is 166 g/mol. The van der Waals surface area contributed by atoms with E-state index in [4.69, 9.17) is 4.74 Å².